The highest BCUT2D eigenvalue weighted by atomic mass is 32.2. The highest BCUT2D eigenvalue weighted by Gasteiger charge is 2.20. The maximum Gasteiger partial charge on any atom is 0.323 e. The van der Waals surface area contributed by atoms with Crippen LogP contribution in [0.5, 0.6) is 0 Å². The number of aliphatic carboxylic acids is 1. The molecule has 0 aromatic carbocycles. The monoisotopic (exact) mass is 249 g/mol. The standard InChI is InChI=1S/C9H15NO3S2/c1-10(5-9(12)13)8(11)4-7-6-14-2-3-15-7/h7H,2-6H2,1H3,(H,12,13). The number of rotatable bonds is 4. The Hall–Kier alpha value is -0.360. The van der Waals surface area contributed by atoms with Crippen LogP contribution in [0.4, 0.5) is 0 Å². The van der Waals surface area contributed by atoms with E-state index in [1.807, 2.05) is 23.5 Å². The minimum atomic E-state index is -0.962. The number of hydrogen-bond donors (Lipinski definition) is 1. The lowest BCUT2D eigenvalue weighted by atomic mass is 10.3. The first-order valence-electron chi connectivity index (χ1n) is 4.74. The van der Waals surface area contributed by atoms with Gasteiger partial charge in [-0.15, -0.1) is 0 Å². The zero-order chi connectivity index (χ0) is 11.3. The second kappa shape index (κ2) is 6.27. The van der Waals surface area contributed by atoms with Gasteiger partial charge in [0.1, 0.15) is 6.54 Å². The molecule has 1 aliphatic heterocycles. The van der Waals surface area contributed by atoms with Gasteiger partial charge in [0.25, 0.3) is 0 Å². The van der Waals surface area contributed by atoms with Crippen molar-refractivity contribution in [2.45, 2.75) is 11.7 Å². The third kappa shape index (κ3) is 4.79. The molecule has 0 bridgehead atoms. The van der Waals surface area contributed by atoms with Crippen molar-refractivity contribution in [1.82, 2.24) is 4.90 Å². The van der Waals surface area contributed by atoms with Gasteiger partial charge in [0.2, 0.25) is 5.91 Å². The lowest BCUT2D eigenvalue weighted by molar-refractivity contribution is -0.143. The summed E-state index contributed by atoms with van der Waals surface area (Å²) in [5, 5.41) is 8.89. The van der Waals surface area contributed by atoms with E-state index in [0.717, 1.165) is 17.3 Å². The number of hydrogen-bond acceptors (Lipinski definition) is 4. The van der Waals surface area contributed by atoms with Crippen molar-refractivity contribution in [2.75, 3.05) is 30.9 Å². The summed E-state index contributed by atoms with van der Waals surface area (Å²) >= 11 is 3.67. The lowest BCUT2D eigenvalue weighted by Gasteiger charge is -2.22. The fraction of sp³-hybridized carbons (Fsp3) is 0.778. The highest BCUT2D eigenvalue weighted by molar-refractivity contribution is 8.06. The Balaban J connectivity index is 2.30. The summed E-state index contributed by atoms with van der Waals surface area (Å²) in [6, 6.07) is 0. The van der Waals surface area contributed by atoms with Crippen LogP contribution < -0.4 is 0 Å². The summed E-state index contributed by atoms with van der Waals surface area (Å²) in [4.78, 5) is 23.3. The molecular weight excluding hydrogens is 234 g/mol. The number of thioether (sulfide) groups is 2. The molecule has 1 rings (SSSR count). The number of carbonyl (C=O) groups excluding carboxylic acids is 1. The first kappa shape index (κ1) is 12.7. The Morgan fingerprint density at radius 1 is 1.47 bits per heavy atom. The molecule has 0 radical (unpaired) electrons. The summed E-state index contributed by atoms with van der Waals surface area (Å²) in [6.07, 6.45) is 0.460. The Labute approximate surface area is 97.8 Å². The average molecular weight is 249 g/mol. The molecule has 0 spiro atoms. The predicted molar refractivity (Wildman–Crippen MR) is 63.5 cm³/mol. The summed E-state index contributed by atoms with van der Waals surface area (Å²) < 4.78 is 0. The lowest BCUT2D eigenvalue weighted by Crippen LogP contribution is -2.34. The van der Waals surface area contributed by atoms with Crippen molar-refractivity contribution in [3.63, 3.8) is 0 Å². The van der Waals surface area contributed by atoms with E-state index in [2.05, 4.69) is 0 Å². The number of nitrogens with zero attached hydrogens (tertiary/aromatic N) is 1. The van der Waals surface area contributed by atoms with Crippen molar-refractivity contribution in [3.05, 3.63) is 0 Å². The van der Waals surface area contributed by atoms with Gasteiger partial charge in [0.05, 0.1) is 0 Å². The van der Waals surface area contributed by atoms with Gasteiger partial charge in [0, 0.05) is 36.0 Å². The smallest absolute Gasteiger partial charge is 0.323 e. The number of carboxylic acid groups (broad SMARTS) is 1. The second-order valence-electron chi connectivity index (χ2n) is 3.42. The van der Waals surface area contributed by atoms with Crippen molar-refractivity contribution in [1.29, 1.82) is 0 Å². The summed E-state index contributed by atoms with van der Waals surface area (Å²) in [5.41, 5.74) is 0. The van der Waals surface area contributed by atoms with E-state index in [1.165, 1.54) is 11.9 Å². The van der Waals surface area contributed by atoms with Gasteiger partial charge in [-0.05, 0) is 0 Å². The predicted octanol–water partition coefficient (Wildman–Crippen LogP) is 0.768. The molecule has 1 fully saturated rings. The molecule has 1 N–H and O–H groups in total. The van der Waals surface area contributed by atoms with E-state index in [9.17, 15) is 9.59 Å². The van der Waals surface area contributed by atoms with Crippen LogP contribution in [0, 0.1) is 0 Å². The fourth-order valence-corrected chi connectivity index (χ4v) is 3.97. The van der Waals surface area contributed by atoms with Crippen LogP contribution in [0.1, 0.15) is 6.42 Å². The van der Waals surface area contributed by atoms with Crippen LogP contribution in [-0.2, 0) is 9.59 Å². The molecule has 0 aliphatic carbocycles. The Bertz CT molecular complexity index is 242. The van der Waals surface area contributed by atoms with Crippen LogP contribution in [-0.4, -0.2) is 58.0 Å². The van der Waals surface area contributed by atoms with E-state index < -0.39 is 5.97 Å². The molecule has 15 heavy (non-hydrogen) atoms. The SMILES string of the molecule is CN(CC(=O)O)C(=O)CC1CSCCS1. The van der Waals surface area contributed by atoms with Gasteiger partial charge < -0.3 is 10.0 Å². The topological polar surface area (TPSA) is 57.6 Å². The second-order valence-corrected chi connectivity index (χ2v) is 5.97. The fourth-order valence-electron chi connectivity index (χ4n) is 1.30. The minimum Gasteiger partial charge on any atom is -0.480 e. The van der Waals surface area contributed by atoms with Crippen LogP contribution in [0.25, 0.3) is 0 Å². The molecule has 1 heterocycles. The molecular formula is C9H15NO3S2. The van der Waals surface area contributed by atoms with Crippen LogP contribution in [0.15, 0.2) is 0 Å². The Morgan fingerprint density at radius 2 is 2.20 bits per heavy atom. The number of carboxylic acids is 1. The van der Waals surface area contributed by atoms with E-state index >= 15 is 0 Å². The Morgan fingerprint density at radius 3 is 2.73 bits per heavy atom. The van der Waals surface area contributed by atoms with Crippen LogP contribution in [0.3, 0.4) is 0 Å². The van der Waals surface area contributed by atoms with Gasteiger partial charge in [0.15, 0.2) is 0 Å². The third-order valence-corrected chi connectivity index (χ3v) is 4.93. The molecule has 1 atom stereocenters. The van der Waals surface area contributed by atoms with Crippen molar-refractivity contribution < 1.29 is 14.7 Å². The van der Waals surface area contributed by atoms with Crippen LogP contribution in [0.2, 0.25) is 0 Å². The molecule has 0 aromatic rings. The summed E-state index contributed by atoms with van der Waals surface area (Å²) in [7, 11) is 1.54. The van der Waals surface area contributed by atoms with Crippen LogP contribution >= 0.6 is 23.5 Å². The van der Waals surface area contributed by atoms with Gasteiger partial charge in [-0.3, -0.25) is 9.59 Å². The van der Waals surface area contributed by atoms with E-state index in [-0.39, 0.29) is 12.5 Å². The average Bonchev–Trinajstić information content (AvgIpc) is 2.18. The third-order valence-electron chi connectivity index (χ3n) is 2.09. The van der Waals surface area contributed by atoms with E-state index in [1.54, 1.807) is 0 Å². The molecule has 1 aliphatic rings. The molecule has 0 saturated carbocycles. The summed E-state index contributed by atoms with van der Waals surface area (Å²) in [5.74, 6) is 2.21. The highest BCUT2D eigenvalue weighted by Crippen LogP contribution is 2.26. The minimum absolute atomic E-state index is 0.0719. The maximum absolute atomic E-state index is 11.6. The van der Waals surface area contributed by atoms with Gasteiger partial charge in [-0.2, -0.15) is 23.5 Å². The van der Waals surface area contributed by atoms with Crippen molar-refractivity contribution >= 4 is 35.4 Å². The van der Waals surface area contributed by atoms with E-state index in [0.29, 0.717) is 11.7 Å². The van der Waals surface area contributed by atoms with E-state index in [4.69, 9.17) is 5.11 Å². The maximum atomic E-state index is 11.6. The summed E-state index contributed by atoms with van der Waals surface area (Å²) in [6.45, 7) is -0.205. The molecule has 4 nitrogen and oxygen atoms in total. The first-order chi connectivity index (χ1) is 7.09. The zero-order valence-corrected chi connectivity index (χ0v) is 10.3. The largest absolute Gasteiger partial charge is 0.480 e. The van der Waals surface area contributed by atoms with Crippen molar-refractivity contribution in [3.8, 4) is 0 Å². The molecule has 1 unspecified atom stereocenters. The Kier molecular flexibility index (Phi) is 5.31. The molecule has 0 aromatic heterocycles. The van der Waals surface area contributed by atoms with Crippen molar-refractivity contribution in [2.24, 2.45) is 0 Å². The molecule has 1 saturated heterocycles. The number of carbonyl (C=O) groups is 2. The van der Waals surface area contributed by atoms with Gasteiger partial charge in [-0.25, -0.2) is 0 Å². The quantitative estimate of drug-likeness (QED) is 0.797. The number of likely N-dealkylation sites (N-methyl/N-ethyl adjacent to an activating group) is 1. The normalized spacial score (nSPS) is 21.0. The van der Waals surface area contributed by atoms with Gasteiger partial charge >= 0.3 is 5.97 Å². The molecule has 6 heteroatoms. The number of amides is 1. The first-order valence-corrected chi connectivity index (χ1v) is 6.95. The molecule has 86 valence electrons. The molecule has 1 amide bonds. The zero-order valence-electron chi connectivity index (χ0n) is 8.64. The van der Waals surface area contributed by atoms with Gasteiger partial charge in [-0.1, -0.05) is 0 Å².